The first-order chi connectivity index (χ1) is 23.1. The van der Waals surface area contributed by atoms with Crippen LogP contribution >= 0.6 is 0 Å². The van der Waals surface area contributed by atoms with E-state index in [2.05, 4.69) is 20.3 Å². The van der Waals surface area contributed by atoms with Gasteiger partial charge in [0.15, 0.2) is 17.5 Å². The number of rotatable bonds is 4. The van der Waals surface area contributed by atoms with Crippen LogP contribution in [0.4, 0.5) is 42.4 Å². The number of fused-ring (bicyclic) bond motifs is 6. The zero-order chi connectivity index (χ0) is 34.4. The summed E-state index contributed by atoms with van der Waals surface area (Å²) >= 11 is 0. The first kappa shape index (κ1) is 31.3. The Morgan fingerprint density at radius 3 is 2.59 bits per heavy atom. The first-order valence-corrected chi connectivity index (χ1v) is 16.5. The fourth-order valence-corrected chi connectivity index (χ4v) is 9.44. The number of ether oxygens (including phenoxy) is 2. The van der Waals surface area contributed by atoms with Gasteiger partial charge in [0, 0.05) is 31.6 Å². The maximum absolute atomic E-state index is 16.9. The van der Waals surface area contributed by atoms with Gasteiger partial charge < -0.3 is 25.4 Å². The Morgan fingerprint density at radius 2 is 1.86 bits per heavy atom. The summed E-state index contributed by atoms with van der Waals surface area (Å²) in [5, 5.41) is 3.58. The lowest BCUT2D eigenvalue weighted by Gasteiger charge is -2.42. The molecular formula is C32H33F7N8O2. The van der Waals surface area contributed by atoms with E-state index in [4.69, 9.17) is 20.2 Å². The van der Waals surface area contributed by atoms with E-state index in [1.54, 1.807) is 6.92 Å². The highest BCUT2D eigenvalue weighted by Crippen LogP contribution is 2.69. The summed E-state index contributed by atoms with van der Waals surface area (Å²) in [6, 6.07) is -0.564. The molecule has 1 unspecified atom stereocenters. The van der Waals surface area contributed by atoms with Crippen molar-refractivity contribution in [1.82, 2.24) is 30.2 Å². The molecule has 1 spiro atoms. The Labute approximate surface area is 275 Å². The van der Waals surface area contributed by atoms with Gasteiger partial charge in [-0.15, -0.1) is 0 Å². The van der Waals surface area contributed by atoms with Gasteiger partial charge in [0.25, 0.3) is 5.92 Å². The minimum absolute atomic E-state index is 0.00932. The van der Waals surface area contributed by atoms with E-state index >= 15 is 8.78 Å². The predicted molar refractivity (Wildman–Crippen MR) is 161 cm³/mol. The van der Waals surface area contributed by atoms with Crippen molar-refractivity contribution < 1.29 is 40.2 Å². The number of halogens is 7. The third kappa shape index (κ3) is 4.39. The van der Waals surface area contributed by atoms with E-state index in [0.29, 0.717) is 19.5 Å². The Balaban J connectivity index is 1.22. The fraction of sp³-hybridized carbons (Fsp3) is 0.625. The van der Waals surface area contributed by atoms with Crippen molar-refractivity contribution in [2.75, 3.05) is 36.9 Å². The Bertz CT molecular complexity index is 1930. The molecule has 0 amide bonds. The van der Waals surface area contributed by atoms with Crippen molar-refractivity contribution in [2.45, 2.75) is 94.2 Å². The van der Waals surface area contributed by atoms with E-state index in [1.807, 2.05) is 9.80 Å². The van der Waals surface area contributed by atoms with Gasteiger partial charge >= 0.3 is 12.2 Å². The van der Waals surface area contributed by atoms with Crippen LogP contribution in [0.3, 0.4) is 0 Å². The van der Waals surface area contributed by atoms with Crippen molar-refractivity contribution in [2.24, 2.45) is 5.41 Å². The zero-order valence-electron chi connectivity index (χ0n) is 26.6. The molecule has 5 aliphatic heterocycles. The molecule has 6 atom stereocenters. The number of nitrogens with zero attached hydrogens (tertiary/aromatic N) is 6. The van der Waals surface area contributed by atoms with E-state index < -0.39 is 74.6 Å². The molecule has 262 valence electrons. The van der Waals surface area contributed by atoms with E-state index in [1.165, 1.54) is 0 Å². The number of alkyl halides is 5. The second-order valence-corrected chi connectivity index (χ2v) is 14.7. The average Bonchev–Trinajstić information content (AvgIpc) is 3.34. The highest BCUT2D eigenvalue weighted by Gasteiger charge is 2.77. The summed E-state index contributed by atoms with van der Waals surface area (Å²) in [7, 11) is 0. The maximum Gasteiger partial charge on any atom is 0.418 e. The second-order valence-electron chi connectivity index (χ2n) is 14.7. The lowest BCUT2D eigenvalue weighted by molar-refractivity contribution is -0.138. The molecule has 10 nitrogen and oxygen atoms in total. The number of pyridine rings is 2. The molecule has 3 aromatic heterocycles. The fourth-order valence-electron chi connectivity index (χ4n) is 9.44. The molecule has 49 heavy (non-hydrogen) atoms. The summed E-state index contributed by atoms with van der Waals surface area (Å²) in [6.07, 6.45) is -2.59. The van der Waals surface area contributed by atoms with Crippen molar-refractivity contribution in [3.8, 4) is 23.1 Å². The maximum atomic E-state index is 16.9. The van der Waals surface area contributed by atoms with Crippen LogP contribution in [0.5, 0.6) is 11.9 Å². The number of hydrogen-bond donors (Lipinski definition) is 2. The molecule has 1 saturated carbocycles. The number of anilines is 2. The molecular weight excluding hydrogens is 661 g/mol. The molecule has 5 fully saturated rings. The number of aryl methyl sites for hydroxylation is 1. The third-order valence-electron chi connectivity index (χ3n) is 11.7. The average molecular weight is 695 g/mol. The van der Waals surface area contributed by atoms with Crippen LogP contribution in [0.2, 0.25) is 0 Å². The van der Waals surface area contributed by atoms with E-state index in [0.717, 1.165) is 26.2 Å². The minimum Gasteiger partial charge on any atom is -0.472 e. The van der Waals surface area contributed by atoms with Crippen LogP contribution in [0.25, 0.3) is 22.2 Å². The van der Waals surface area contributed by atoms with Gasteiger partial charge in [-0.3, -0.25) is 4.90 Å². The summed E-state index contributed by atoms with van der Waals surface area (Å²) in [5.74, 6) is -6.59. The van der Waals surface area contributed by atoms with Gasteiger partial charge in [-0.25, -0.2) is 27.5 Å². The molecule has 3 N–H and O–H groups in total. The molecule has 6 aliphatic rings. The number of nitrogen functional groups attached to an aromatic ring is 1. The van der Waals surface area contributed by atoms with Crippen LogP contribution < -0.4 is 25.4 Å². The highest BCUT2D eigenvalue weighted by atomic mass is 19.4. The first-order valence-electron chi connectivity index (χ1n) is 16.5. The zero-order valence-corrected chi connectivity index (χ0v) is 26.6. The van der Waals surface area contributed by atoms with Crippen LogP contribution in [0, 0.1) is 24.0 Å². The number of hydrogen-bond acceptors (Lipinski definition) is 10. The summed E-state index contributed by atoms with van der Waals surface area (Å²) < 4.78 is 117. The molecule has 4 saturated heterocycles. The van der Waals surface area contributed by atoms with E-state index in [9.17, 15) is 22.0 Å². The topological polar surface area (TPSA) is 115 Å². The summed E-state index contributed by atoms with van der Waals surface area (Å²) in [4.78, 5) is 20.8. The third-order valence-corrected chi connectivity index (χ3v) is 11.7. The van der Waals surface area contributed by atoms with Crippen LogP contribution in [-0.4, -0.2) is 86.8 Å². The van der Waals surface area contributed by atoms with E-state index in [-0.39, 0.29) is 67.2 Å². The molecule has 8 heterocycles. The molecule has 17 heteroatoms. The quantitative estimate of drug-likeness (QED) is 0.362. The molecule has 2 bridgehead atoms. The molecule has 9 rings (SSSR count). The summed E-state index contributed by atoms with van der Waals surface area (Å²) in [5.41, 5.74) is -1.01. The summed E-state index contributed by atoms with van der Waals surface area (Å²) in [6.45, 7) is 4.09. The van der Waals surface area contributed by atoms with Gasteiger partial charge in [-0.2, -0.15) is 23.1 Å². The van der Waals surface area contributed by atoms with Gasteiger partial charge in [-0.05, 0) is 52.5 Å². The Hall–Kier alpha value is -3.73. The smallest absolute Gasteiger partial charge is 0.418 e. The Morgan fingerprint density at radius 1 is 1.08 bits per heavy atom. The largest absolute Gasteiger partial charge is 0.472 e. The van der Waals surface area contributed by atoms with Gasteiger partial charge in [0.05, 0.1) is 33.8 Å². The van der Waals surface area contributed by atoms with Crippen molar-refractivity contribution in [1.29, 1.82) is 0 Å². The normalized spacial score (nSPS) is 32.7. The molecule has 0 aromatic carbocycles. The Kier molecular flexibility index (Phi) is 6.35. The monoisotopic (exact) mass is 694 g/mol. The van der Waals surface area contributed by atoms with Crippen molar-refractivity contribution in [3.63, 3.8) is 0 Å². The lowest BCUT2D eigenvalue weighted by atomic mass is 9.89. The van der Waals surface area contributed by atoms with Gasteiger partial charge in [-0.1, -0.05) is 0 Å². The predicted octanol–water partition coefficient (Wildman–Crippen LogP) is 5.01. The SMILES string of the molecule is Cc1nc(N)c(F)c(-c2nc3c4c(nc(OC[C@@]56CCCN5CC5(CC5(F)F)C6)nc4c2F)N2C[C@H]4CC[C@H](N4)[C@H]2[C@H](C)O3)c1C(F)(F)F. The van der Waals surface area contributed by atoms with Gasteiger partial charge in [0.2, 0.25) is 5.88 Å². The molecule has 3 aromatic rings. The molecule has 0 radical (unpaired) electrons. The second kappa shape index (κ2) is 9.95. The standard InChI is InChI=1S/C32H33F7N8O2/c1-13-19(32(37,38)39)17(20(33)25(40)41-13)22-21(34)23-18-26(47-8-15-4-5-16(42-15)24(47)14(2)49-27(18)43-22)45-28(44-23)48-12-30-6-3-7-46(30)11-29(9-30)10-31(29,35)36/h14-16,24,42H,3-12H2,1-2H3,(H2,40,41)/t14-,15+,16-,24+,29?,30-/m0/s1. The number of piperazine rings is 1. The molecule has 1 aliphatic carbocycles. The number of aromatic nitrogens is 4. The van der Waals surface area contributed by atoms with Crippen LogP contribution in [0.1, 0.15) is 56.7 Å². The number of nitrogens with one attached hydrogen (secondary N) is 1. The van der Waals surface area contributed by atoms with Crippen LogP contribution in [-0.2, 0) is 6.18 Å². The van der Waals surface area contributed by atoms with Crippen molar-refractivity contribution in [3.05, 3.63) is 22.9 Å². The number of nitrogens with two attached hydrogens (primary N) is 1. The van der Waals surface area contributed by atoms with Crippen molar-refractivity contribution >= 4 is 22.5 Å². The van der Waals surface area contributed by atoms with Crippen LogP contribution in [0.15, 0.2) is 0 Å². The highest BCUT2D eigenvalue weighted by molar-refractivity contribution is 5.97. The lowest BCUT2D eigenvalue weighted by Crippen LogP contribution is -2.62. The van der Waals surface area contributed by atoms with Gasteiger partial charge in [0.1, 0.15) is 35.1 Å². The minimum atomic E-state index is -5.15.